The van der Waals surface area contributed by atoms with Crippen molar-refractivity contribution in [2.24, 2.45) is 0 Å². The van der Waals surface area contributed by atoms with E-state index >= 15 is 0 Å². The summed E-state index contributed by atoms with van der Waals surface area (Å²) in [7, 11) is 1.58. The van der Waals surface area contributed by atoms with Crippen LogP contribution >= 0.6 is 11.3 Å². The van der Waals surface area contributed by atoms with Crippen molar-refractivity contribution in [1.82, 2.24) is 10.2 Å². The van der Waals surface area contributed by atoms with E-state index in [-0.39, 0.29) is 11.9 Å². The molecule has 128 valence electrons. The molecule has 1 aromatic carbocycles. The molecular weight excluding hydrogens is 324 g/mol. The number of nitrogens with one attached hydrogen (secondary N) is 1. The number of ether oxygens (including phenoxy) is 2. The van der Waals surface area contributed by atoms with Crippen LogP contribution in [0.15, 0.2) is 41.1 Å². The Balaban J connectivity index is 1.70. The van der Waals surface area contributed by atoms with E-state index < -0.39 is 0 Å². The SMILES string of the molecule is COc1ccccc1C(=O)NC[C@H](c1ccsc1)N1CCOCC1. The third kappa shape index (κ3) is 3.95. The number of methoxy groups -OCH3 is 1. The molecule has 0 bridgehead atoms. The molecule has 1 N–H and O–H groups in total. The van der Waals surface area contributed by atoms with Gasteiger partial charge in [0.25, 0.3) is 5.91 Å². The Labute approximate surface area is 146 Å². The summed E-state index contributed by atoms with van der Waals surface area (Å²) in [5.74, 6) is 0.481. The number of benzene rings is 1. The van der Waals surface area contributed by atoms with Crippen molar-refractivity contribution < 1.29 is 14.3 Å². The van der Waals surface area contributed by atoms with Gasteiger partial charge < -0.3 is 14.8 Å². The number of carbonyl (C=O) groups excluding carboxylic acids is 1. The Bertz CT molecular complexity index is 654. The van der Waals surface area contributed by atoms with Crippen molar-refractivity contribution >= 4 is 17.2 Å². The van der Waals surface area contributed by atoms with Crippen LogP contribution in [-0.2, 0) is 4.74 Å². The normalized spacial score (nSPS) is 16.5. The summed E-state index contributed by atoms with van der Waals surface area (Å²) >= 11 is 1.68. The lowest BCUT2D eigenvalue weighted by atomic mass is 10.1. The van der Waals surface area contributed by atoms with Crippen molar-refractivity contribution in [3.63, 3.8) is 0 Å². The highest BCUT2D eigenvalue weighted by atomic mass is 32.1. The lowest BCUT2D eigenvalue weighted by Gasteiger charge is -2.34. The molecule has 1 saturated heterocycles. The molecule has 5 nitrogen and oxygen atoms in total. The fourth-order valence-electron chi connectivity index (χ4n) is 2.93. The maximum Gasteiger partial charge on any atom is 0.255 e. The first-order valence-electron chi connectivity index (χ1n) is 8.04. The average Bonchev–Trinajstić information content (AvgIpc) is 3.17. The quantitative estimate of drug-likeness (QED) is 0.873. The van der Waals surface area contributed by atoms with Crippen molar-refractivity contribution in [2.45, 2.75) is 6.04 Å². The van der Waals surface area contributed by atoms with Gasteiger partial charge in [-0.25, -0.2) is 0 Å². The number of hydrogen-bond donors (Lipinski definition) is 1. The van der Waals surface area contributed by atoms with E-state index in [0.29, 0.717) is 17.9 Å². The van der Waals surface area contributed by atoms with Crippen LogP contribution in [-0.4, -0.2) is 50.8 Å². The number of morpholine rings is 1. The molecule has 1 aliphatic heterocycles. The molecule has 2 heterocycles. The third-order valence-electron chi connectivity index (χ3n) is 4.22. The summed E-state index contributed by atoms with van der Waals surface area (Å²) in [6.07, 6.45) is 0. The second kappa shape index (κ2) is 8.28. The molecule has 6 heteroatoms. The van der Waals surface area contributed by atoms with Gasteiger partial charge in [-0.15, -0.1) is 0 Å². The molecule has 0 unspecified atom stereocenters. The Morgan fingerprint density at radius 2 is 2.12 bits per heavy atom. The van der Waals surface area contributed by atoms with Gasteiger partial charge in [0.15, 0.2) is 0 Å². The van der Waals surface area contributed by atoms with Crippen molar-refractivity contribution in [1.29, 1.82) is 0 Å². The van der Waals surface area contributed by atoms with E-state index in [0.717, 1.165) is 26.3 Å². The second-order valence-corrected chi connectivity index (χ2v) is 6.41. The third-order valence-corrected chi connectivity index (χ3v) is 4.92. The van der Waals surface area contributed by atoms with Crippen LogP contribution in [0.4, 0.5) is 0 Å². The number of hydrogen-bond acceptors (Lipinski definition) is 5. The summed E-state index contributed by atoms with van der Waals surface area (Å²) in [5, 5.41) is 7.28. The van der Waals surface area contributed by atoms with Gasteiger partial charge >= 0.3 is 0 Å². The largest absolute Gasteiger partial charge is 0.496 e. The topological polar surface area (TPSA) is 50.8 Å². The molecule has 1 amide bonds. The van der Waals surface area contributed by atoms with Gasteiger partial charge in [-0.05, 0) is 34.5 Å². The Hall–Kier alpha value is -1.89. The predicted octanol–water partition coefficient (Wildman–Crippen LogP) is 2.56. The van der Waals surface area contributed by atoms with E-state index in [1.165, 1.54) is 5.56 Å². The molecule has 1 aliphatic rings. The van der Waals surface area contributed by atoms with E-state index in [4.69, 9.17) is 9.47 Å². The zero-order valence-corrected chi connectivity index (χ0v) is 14.6. The highest BCUT2D eigenvalue weighted by Crippen LogP contribution is 2.24. The summed E-state index contributed by atoms with van der Waals surface area (Å²) in [6.45, 7) is 3.80. The first kappa shape index (κ1) is 17.0. The van der Waals surface area contributed by atoms with Gasteiger partial charge in [-0.3, -0.25) is 9.69 Å². The van der Waals surface area contributed by atoms with Crippen molar-refractivity contribution in [3.8, 4) is 5.75 Å². The van der Waals surface area contributed by atoms with Gasteiger partial charge in [0.05, 0.1) is 31.9 Å². The molecule has 1 aromatic heterocycles. The summed E-state index contributed by atoms with van der Waals surface area (Å²) in [6, 6.07) is 9.57. The molecule has 2 aromatic rings. The zero-order chi connectivity index (χ0) is 16.8. The van der Waals surface area contributed by atoms with E-state index in [1.54, 1.807) is 30.6 Å². The van der Waals surface area contributed by atoms with E-state index in [2.05, 4.69) is 27.0 Å². The smallest absolute Gasteiger partial charge is 0.255 e. The van der Waals surface area contributed by atoms with Crippen LogP contribution in [0, 0.1) is 0 Å². The Kier molecular flexibility index (Phi) is 5.85. The van der Waals surface area contributed by atoms with E-state index in [9.17, 15) is 4.79 Å². The summed E-state index contributed by atoms with van der Waals surface area (Å²) in [4.78, 5) is 14.9. The van der Waals surface area contributed by atoms with Crippen LogP contribution in [0.3, 0.4) is 0 Å². The summed E-state index contributed by atoms with van der Waals surface area (Å²) in [5.41, 5.74) is 1.80. The van der Waals surface area contributed by atoms with Crippen LogP contribution < -0.4 is 10.1 Å². The molecule has 0 spiro atoms. The van der Waals surface area contributed by atoms with Crippen LogP contribution in [0.25, 0.3) is 0 Å². The van der Waals surface area contributed by atoms with Crippen LogP contribution in [0.2, 0.25) is 0 Å². The monoisotopic (exact) mass is 346 g/mol. The number of amides is 1. The van der Waals surface area contributed by atoms with Crippen LogP contribution in [0.1, 0.15) is 22.0 Å². The highest BCUT2D eigenvalue weighted by molar-refractivity contribution is 7.07. The van der Waals surface area contributed by atoms with Gasteiger partial charge in [0.1, 0.15) is 5.75 Å². The maximum absolute atomic E-state index is 12.5. The molecule has 24 heavy (non-hydrogen) atoms. The van der Waals surface area contributed by atoms with Crippen molar-refractivity contribution in [3.05, 3.63) is 52.2 Å². The first-order chi connectivity index (χ1) is 11.8. The predicted molar refractivity (Wildman–Crippen MR) is 94.8 cm³/mol. The molecule has 0 aliphatic carbocycles. The van der Waals surface area contributed by atoms with Gasteiger partial charge in [0, 0.05) is 19.6 Å². The zero-order valence-electron chi connectivity index (χ0n) is 13.7. The number of thiophene rings is 1. The second-order valence-electron chi connectivity index (χ2n) is 5.63. The average molecular weight is 346 g/mol. The number of carbonyl (C=O) groups is 1. The number of rotatable bonds is 6. The number of para-hydroxylation sites is 1. The van der Waals surface area contributed by atoms with Gasteiger partial charge in [-0.2, -0.15) is 11.3 Å². The molecule has 0 saturated carbocycles. The maximum atomic E-state index is 12.5. The standard InChI is InChI=1S/C18H22N2O3S/c1-22-17-5-3-2-4-15(17)18(21)19-12-16(14-6-11-24-13-14)20-7-9-23-10-8-20/h2-6,11,13,16H,7-10,12H2,1H3,(H,19,21)/t16-/m1/s1. The molecule has 0 radical (unpaired) electrons. The fraction of sp³-hybridized carbons (Fsp3) is 0.389. The summed E-state index contributed by atoms with van der Waals surface area (Å²) < 4.78 is 10.7. The van der Waals surface area contributed by atoms with Gasteiger partial charge in [0.2, 0.25) is 0 Å². The minimum atomic E-state index is -0.110. The van der Waals surface area contributed by atoms with Crippen molar-refractivity contribution in [2.75, 3.05) is 40.0 Å². The minimum absolute atomic E-state index is 0.110. The Morgan fingerprint density at radius 1 is 1.33 bits per heavy atom. The molecule has 1 atom stereocenters. The highest BCUT2D eigenvalue weighted by Gasteiger charge is 2.24. The molecular formula is C18H22N2O3S. The molecule has 3 rings (SSSR count). The van der Waals surface area contributed by atoms with E-state index in [1.807, 2.05) is 12.1 Å². The Morgan fingerprint density at radius 3 is 2.83 bits per heavy atom. The molecule has 1 fully saturated rings. The fourth-order valence-corrected chi connectivity index (χ4v) is 3.64. The first-order valence-corrected chi connectivity index (χ1v) is 8.99. The van der Waals surface area contributed by atoms with Crippen LogP contribution in [0.5, 0.6) is 5.75 Å². The lowest BCUT2D eigenvalue weighted by Crippen LogP contribution is -2.43. The minimum Gasteiger partial charge on any atom is -0.496 e. The van der Waals surface area contributed by atoms with Gasteiger partial charge in [-0.1, -0.05) is 12.1 Å². The lowest BCUT2D eigenvalue weighted by molar-refractivity contribution is 0.0163. The number of nitrogens with zero attached hydrogens (tertiary/aromatic N) is 1.